The molecule has 3 aliphatic rings. The molecule has 1 aromatic carbocycles. The lowest BCUT2D eigenvalue weighted by atomic mass is 9.70. The smallest absolute Gasteiger partial charge is 0.219 e. The van der Waals surface area contributed by atoms with Gasteiger partial charge in [0.2, 0.25) is 5.91 Å². The van der Waals surface area contributed by atoms with E-state index >= 15 is 0 Å². The average molecular weight is 378 g/mol. The van der Waals surface area contributed by atoms with Crippen LogP contribution in [-0.2, 0) is 9.53 Å². The van der Waals surface area contributed by atoms with Gasteiger partial charge in [0.15, 0.2) is 0 Å². The number of fused-ring (bicyclic) bond motifs is 2. The van der Waals surface area contributed by atoms with E-state index in [2.05, 4.69) is 26.9 Å². The molecule has 4 heterocycles. The lowest BCUT2D eigenvalue weighted by Gasteiger charge is -2.42. The van der Waals surface area contributed by atoms with Crippen LogP contribution in [0.5, 0.6) is 0 Å². The molecule has 2 atom stereocenters. The van der Waals surface area contributed by atoms with Gasteiger partial charge in [0.25, 0.3) is 0 Å². The molecule has 3 saturated heterocycles. The monoisotopic (exact) mass is 378 g/mol. The summed E-state index contributed by atoms with van der Waals surface area (Å²) in [7, 11) is 0. The third-order valence-corrected chi connectivity index (χ3v) is 6.90. The van der Waals surface area contributed by atoms with Gasteiger partial charge in [-0.3, -0.25) is 9.78 Å². The molecule has 1 aromatic heterocycles. The Balaban J connectivity index is 1.33. The van der Waals surface area contributed by atoms with E-state index in [1.165, 1.54) is 0 Å². The molecule has 0 unspecified atom stereocenters. The van der Waals surface area contributed by atoms with Crippen LogP contribution >= 0.6 is 0 Å². The molecule has 0 saturated carbocycles. The molecule has 146 valence electrons. The molecule has 0 N–H and O–H groups in total. The van der Waals surface area contributed by atoms with Gasteiger partial charge in [0.05, 0.1) is 37.3 Å². The van der Waals surface area contributed by atoms with Gasteiger partial charge in [-0.1, -0.05) is 30.3 Å². The summed E-state index contributed by atoms with van der Waals surface area (Å²) >= 11 is 0. The van der Waals surface area contributed by atoms with E-state index in [1.54, 1.807) is 6.92 Å². The topological polar surface area (TPSA) is 58.6 Å². The third kappa shape index (κ3) is 2.87. The predicted octanol–water partition coefficient (Wildman–Crippen LogP) is 2.61. The molecule has 1 amide bonds. The lowest BCUT2D eigenvalue weighted by molar-refractivity contribution is -0.130. The minimum atomic E-state index is 0.182. The second-order valence-electron chi connectivity index (χ2n) is 8.34. The summed E-state index contributed by atoms with van der Waals surface area (Å²) in [6.45, 7) is 5.95. The van der Waals surface area contributed by atoms with Crippen LogP contribution in [-0.4, -0.2) is 59.7 Å². The van der Waals surface area contributed by atoms with Crippen molar-refractivity contribution in [2.24, 2.45) is 11.3 Å². The van der Waals surface area contributed by atoms with Crippen LogP contribution < -0.4 is 4.90 Å². The normalized spacial score (nSPS) is 25.9. The number of aromatic nitrogens is 2. The van der Waals surface area contributed by atoms with Crippen molar-refractivity contribution in [1.29, 1.82) is 0 Å². The maximum absolute atomic E-state index is 12.1. The number of nitrogens with zero attached hydrogens (tertiary/aromatic N) is 4. The van der Waals surface area contributed by atoms with Gasteiger partial charge < -0.3 is 14.5 Å². The van der Waals surface area contributed by atoms with E-state index in [0.29, 0.717) is 12.5 Å². The average Bonchev–Trinajstić information content (AvgIpc) is 3.33. The van der Waals surface area contributed by atoms with Crippen molar-refractivity contribution in [1.82, 2.24) is 14.9 Å². The van der Waals surface area contributed by atoms with Crippen LogP contribution in [0, 0.1) is 11.3 Å². The number of carbonyl (C=O) groups excluding carboxylic acids is 1. The molecule has 28 heavy (non-hydrogen) atoms. The first-order chi connectivity index (χ1) is 13.7. The highest BCUT2D eigenvalue weighted by Crippen LogP contribution is 2.50. The number of rotatable bonds is 2. The SMILES string of the molecule is CC(=O)N1CC2(CCN(c3cncc(-c4ccccc4)n3)CC2)[C@H]2COC[C@H]21. The van der Waals surface area contributed by atoms with Crippen LogP contribution in [0.1, 0.15) is 19.8 Å². The zero-order chi connectivity index (χ0) is 19.1. The van der Waals surface area contributed by atoms with Crippen molar-refractivity contribution in [3.8, 4) is 11.3 Å². The van der Waals surface area contributed by atoms with Crippen LogP contribution in [0.25, 0.3) is 11.3 Å². The van der Waals surface area contributed by atoms with Crippen molar-refractivity contribution in [2.45, 2.75) is 25.8 Å². The Morgan fingerprint density at radius 2 is 1.93 bits per heavy atom. The molecular formula is C22H26N4O2. The second-order valence-corrected chi connectivity index (χ2v) is 8.34. The van der Waals surface area contributed by atoms with E-state index in [9.17, 15) is 4.79 Å². The summed E-state index contributed by atoms with van der Waals surface area (Å²) in [5.74, 6) is 1.60. The van der Waals surface area contributed by atoms with Gasteiger partial charge in [0, 0.05) is 38.0 Å². The Morgan fingerprint density at radius 1 is 1.14 bits per heavy atom. The molecule has 0 radical (unpaired) electrons. The minimum absolute atomic E-state index is 0.182. The fourth-order valence-electron chi connectivity index (χ4n) is 5.32. The van der Waals surface area contributed by atoms with Crippen LogP contribution in [0.15, 0.2) is 42.7 Å². The number of anilines is 1. The molecule has 6 nitrogen and oxygen atoms in total. The molecule has 6 heteroatoms. The fourth-order valence-corrected chi connectivity index (χ4v) is 5.32. The van der Waals surface area contributed by atoms with E-state index in [1.807, 2.05) is 30.6 Å². The quantitative estimate of drug-likeness (QED) is 0.804. The number of amides is 1. The maximum atomic E-state index is 12.1. The molecule has 0 bridgehead atoms. The van der Waals surface area contributed by atoms with Crippen LogP contribution in [0.3, 0.4) is 0 Å². The first kappa shape index (κ1) is 17.6. The Bertz CT molecular complexity index is 864. The largest absolute Gasteiger partial charge is 0.379 e. The number of ether oxygens (including phenoxy) is 1. The number of benzene rings is 1. The van der Waals surface area contributed by atoms with Crippen molar-refractivity contribution in [3.05, 3.63) is 42.7 Å². The zero-order valence-electron chi connectivity index (χ0n) is 16.3. The summed E-state index contributed by atoms with van der Waals surface area (Å²) < 4.78 is 5.77. The summed E-state index contributed by atoms with van der Waals surface area (Å²) in [5, 5.41) is 0. The van der Waals surface area contributed by atoms with E-state index < -0.39 is 0 Å². The Labute approximate surface area is 165 Å². The third-order valence-electron chi connectivity index (χ3n) is 6.90. The maximum Gasteiger partial charge on any atom is 0.219 e. The highest BCUT2D eigenvalue weighted by Gasteiger charge is 2.56. The highest BCUT2D eigenvalue weighted by atomic mass is 16.5. The molecular weight excluding hydrogens is 352 g/mol. The fraction of sp³-hybridized carbons (Fsp3) is 0.500. The number of likely N-dealkylation sites (tertiary alicyclic amines) is 1. The van der Waals surface area contributed by atoms with Crippen LogP contribution in [0.4, 0.5) is 5.82 Å². The van der Waals surface area contributed by atoms with Gasteiger partial charge in [-0.25, -0.2) is 4.98 Å². The highest BCUT2D eigenvalue weighted by molar-refractivity contribution is 5.74. The first-order valence-electron chi connectivity index (χ1n) is 10.1. The summed E-state index contributed by atoms with van der Waals surface area (Å²) in [6.07, 6.45) is 5.83. The number of piperidine rings is 1. The summed E-state index contributed by atoms with van der Waals surface area (Å²) in [4.78, 5) is 25.8. The Hall–Kier alpha value is -2.47. The molecule has 5 rings (SSSR count). The van der Waals surface area contributed by atoms with Crippen molar-refractivity contribution in [2.75, 3.05) is 37.7 Å². The molecule has 0 aliphatic carbocycles. The van der Waals surface area contributed by atoms with Gasteiger partial charge in [-0.15, -0.1) is 0 Å². The Morgan fingerprint density at radius 3 is 2.68 bits per heavy atom. The Kier molecular flexibility index (Phi) is 4.31. The lowest BCUT2D eigenvalue weighted by Crippen LogP contribution is -2.45. The first-order valence-corrected chi connectivity index (χ1v) is 10.1. The van der Waals surface area contributed by atoms with Gasteiger partial charge in [-0.2, -0.15) is 0 Å². The van der Waals surface area contributed by atoms with E-state index in [0.717, 1.165) is 56.2 Å². The van der Waals surface area contributed by atoms with Gasteiger partial charge in [-0.05, 0) is 18.3 Å². The summed E-state index contributed by atoms with van der Waals surface area (Å²) in [5.41, 5.74) is 2.18. The number of hydrogen-bond donors (Lipinski definition) is 0. The molecule has 1 spiro atoms. The predicted molar refractivity (Wildman–Crippen MR) is 107 cm³/mol. The molecule has 2 aromatic rings. The second kappa shape index (κ2) is 6.85. The van der Waals surface area contributed by atoms with E-state index in [-0.39, 0.29) is 17.4 Å². The van der Waals surface area contributed by atoms with E-state index in [4.69, 9.17) is 9.72 Å². The van der Waals surface area contributed by atoms with Crippen LogP contribution in [0.2, 0.25) is 0 Å². The van der Waals surface area contributed by atoms with Crippen molar-refractivity contribution in [3.63, 3.8) is 0 Å². The van der Waals surface area contributed by atoms with Crippen molar-refractivity contribution < 1.29 is 9.53 Å². The standard InChI is InChI=1S/C22H26N4O2/c1-16(27)26-15-22(18-13-28-14-20(18)26)7-9-25(10-8-22)21-12-23-11-19(24-21)17-5-3-2-4-6-17/h2-6,11-12,18,20H,7-10,13-15H2,1H3/t18-,20+/m0/s1. The number of hydrogen-bond acceptors (Lipinski definition) is 5. The minimum Gasteiger partial charge on any atom is -0.379 e. The molecule has 3 fully saturated rings. The van der Waals surface area contributed by atoms with Gasteiger partial charge in [0.1, 0.15) is 5.82 Å². The van der Waals surface area contributed by atoms with Gasteiger partial charge >= 0.3 is 0 Å². The summed E-state index contributed by atoms with van der Waals surface area (Å²) in [6, 6.07) is 10.5. The molecule has 3 aliphatic heterocycles. The number of carbonyl (C=O) groups is 1. The van der Waals surface area contributed by atoms with Crippen molar-refractivity contribution >= 4 is 11.7 Å². The zero-order valence-corrected chi connectivity index (χ0v) is 16.3.